The maximum atomic E-state index is 7.90. The lowest BCUT2D eigenvalue weighted by atomic mass is 9.33. The summed E-state index contributed by atoms with van der Waals surface area (Å²) >= 11 is 7.90. The zero-order valence-corrected chi connectivity index (χ0v) is 79.2. The minimum absolute atomic E-state index is 0. The number of halogens is 1. The fourth-order valence-electron chi connectivity index (χ4n) is 16.7. The first-order valence-corrected chi connectivity index (χ1v) is 43.5. The quantitative estimate of drug-likeness (QED) is 0.127. The van der Waals surface area contributed by atoms with E-state index in [1.54, 1.807) is 0 Å². The van der Waals surface area contributed by atoms with E-state index in [0.29, 0.717) is 5.02 Å². The molecule has 0 unspecified atom stereocenters. The minimum Gasteiger partial charge on any atom is -0.311 e. The van der Waals surface area contributed by atoms with Crippen molar-refractivity contribution in [2.45, 2.75) is 269 Å². The maximum Gasteiger partial charge on any atom is 0.252 e. The van der Waals surface area contributed by atoms with Crippen LogP contribution in [0.2, 0.25) is 5.02 Å². The lowest BCUT2D eigenvalue weighted by Gasteiger charge is -2.45. The molecule has 0 aliphatic carbocycles. The highest BCUT2D eigenvalue weighted by molar-refractivity contribution is 7.59. The number of hydrogen-bond acceptors (Lipinski definition) is 4. The van der Waals surface area contributed by atoms with E-state index in [-0.39, 0.29) is 81.8 Å². The first-order chi connectivity index (χ1) is 54.8. The average Bonchev–Trinajstić information content (AvgIpc) is 0.693. The molecule has 2 aliphatic heterocycles. The van der Waals surface area contributed by atoms with Crippen molar-refractivity contribution in [3.05, 3.63) is 315 Å². The Morgan fingerprint density at radius 2 is 0.508 bits per heavy atom. The number of anilines is 12. The molecular weight excluding hydrogens is 1490 g/mol. The highest BCUT2D eigenvalue weighted by Gasteiger charge is 2.45. The van der Waals surface area contributed by atoms with Gasteiger partial charge in [-0.2, -0.15) is 13.5 Å². The van der Waals surface area contributed by atoms with E-state index in [1.807, 2.05) is 0 Å². The van der Waals surface area contributed by atoms with Gasteiger partial charge in [0.2, 0.25) is 0 Å². The number of hydrogen-bond donors (Lipinski definition) is 0. The van der Waals surface area contributed by atoms with Gasteiger partial charge in [0, 0.05) is 56.6 Å². The Morgan fingerprint density at radius 3 is 0.875 bits per heavy atom. The van der Waals surface area contributed by atoms with Gasteiger partial charge in [0.05, 0.1) is 27.8 Å². The number of rotatable bonds is 10. The molecule has 626 valence electrons. The maximum absolute atomic E-state index is 7.90. The number of fused-ring (bicyclic) bond motifs is 4. The van der Waals surface area contributed by atoms with E-state index in [0.717, 1.165) is 39.7 Å². The van der Waals surface area contributed by atoms with Crippen LogP contribution in [0.15, 0.2) is 255 Å². The molecule has 12 aromatic rings. The summed E-state index contributed by atoms with van der Waals surface area (Å²) in [4.78, 5) is 9.80. The largest absolute Gasteiger partial charge is 0.311 e. The molecule has 120 heavy (non-hydrogen) atoms. The van der Waals surface area contributed by atoms with Gasteiger partial charge in [0.15, 0.2) is 0 Å². The second-order valence-electron chi connectivity index (χ2n) is 43.9. The molecule has 0 N–H and O–H groups in total. The van der Waals surface area contributed by atoms with Gasteiger partial charge in [-0.3, -0.25) is 0 Å². The van der Waals surface area contributed by atoms with E-state index in [2.05, 4.69) is 482 Å². The highest BCUT2D eigenvalue weighted by Crippen LogP contribution is 2.53. The van der Waals surface area contributed by atoms with E-state index in [4.69, 9.17) is 11.6 Å². The predicted molar refractivity (Wildman–Crippen MR) is 536 cm³/mol. The molecule has 14 rings (SSSR count). The molecule has 0 saturated heterocycles. The van der Waals surface area contributed by atoms with Crippen LogP contribution in [-0.4, -0.2) is 6.71 Å². The van der Waals surface area contributed by atoms with Gasteiger partial charge < -0.3 is 19.6 Å². The Morgan fingerprint density at radius 1 is 0.242 bits per heavy atom. The molecule has 0 atom stereocenters. The van der Waals surface area contributed by atoms with Gasteiger partial charge in [-0.05, 0) is 246 Å². The molecule has 0 fully saturated rings. The van der Waals surface area contributed by atoms with Crippen LogP contribution in [0.5, 0.6) is 0 Å². The van der Waals surface area contributed by atoms with Gasteiger partial charge in [-0.1, -0.05) is 372 Å². The fraction of sp³-hybridized carbons (Fsp3) is 0.363. The Kier molecular flexibility index (Phi) is 25.2. The Balaban J connectivity index is 0.000000231. The first-order valence-electron chi connectivity index (χ1n) is 43.1. The van der Waals surface area contributed by atoms with Crippen molar-refractivity contribution in [2.24, 2.45) is 0 Å². The Labute approximate surface area is 737 Å². The van der Waals surface area contributed by atoms with Crippen molar-refractivity contribution in [3.63, 3.8) is 0 Å². The summed E-state index contributed by atoms with van der Waals surface area (Å²) in [7, 11) is 0. The molecule has 2 heterocycles. The first kappa shape index (κ1) is 91.3. The van der Waals surface area contributed by atoms with Crippen molar-refractivity contribution < 1.29 is 0 Å². The topological polar surface area (TPSA) is 13.0 Å². The molecule has 0 spiro atoms. The summed E-state index contributed by atoms with van der Waals surface area (Å²) in [6, 6.07) is 97.0. The lowest BCUT2D eigenvalue weighted by Crippen LogP contribution is -2.61. The molecular formula is C113H138BClN4S. The van der Waals surface area contributed by atoms with Crippen LogP contribution in [0, 0.1) is 0 Å². The fourth-order valence-corrected chi connectivity index (χ4v) is 17.0. The molecule has 0 bridgehead atoms. The number of nitrogens with zero attached hydrogens (tertiary/aromatic N) is 4. The van der Waals surface area contributed by atoms with Gasteiger partial charge in [-0.15, -0.1) is 0 Å². The standard InChI is InChI=1S/C56H65BN2.C56H67ClN2.CH4.H2S/c1-52(2,3)37-21-19-36(20-22-37)43-33-39(54(7,8)9)25-30-46(43)59-48-32-27-41(56(13,14)15)35-45(48)57-44-34-40(55(10,11)12)26-31-47(44)58(49-17-16-18-50(59)51(49)57)42-28-23-38(24-29-42)53(4,5)6;1-52(2,3)39-21-19-38(20-22-39)47-37-43(56(13,14)15)29-36-48(47)59(46-34-27-42(28-35-46)55(10,11)12)50-18-16-17-49(51(50)57)58(44-30-23-40(24-31-44)53(4,5)6)45-32-25-41(26-33-45)54(7,8)9;;/h16-35H,1-15H3;16-37H,1-15H3;1H4;1H2. The molecule has 0 saturated carbocycles. The lowest BCUT2D eigenvalue weighted by molar-refractivity contribution is 0.589. The van der Waals surface area contributed by atoms with E-state index < -0.39 is 0 Å². The average molecular weight is 1630 g/mol. The summed E-state index contributed by atoms with van der Waals surface area (Å²) in [6.07, 6.45) is 0. The second-order valence-corrected chi connectivity index (χ2v) is 44.3. The monoisotopic (exact) mass is 1630 g/mol. The summed E-state index contributed by atoms with van der Waals surface area (Å²) in [5, 5.41) is 0.668. The minimum atomic E-state index is -0.0407. The van der Waals surface area contributed by atoms with Gasteiger partial charge >= 0.3 is 0 Å². The van der Waals surface area contributed by atoms with Crippen molar-refractivity contribution >= 4 is 116 Å². The third-order valence-electron chi connectivity index (χ3n) is 24.5. The third-order valence-corrected chi connectivity index (χ3v) is 24.8. The van der Waals surface area contributed by atoms with Crippen molar-refractivity contribution in [3.8, 4) is 22.3 Å². The van der Waals surface area contributed by atoms with Gasteiger partial charge in [0.25, 0.3) is 6.71 Å². The predicted octanol–water partition coefficient (Wildman–Crippen LogP) is 32.1. The van der Waals surface area contributed by atoms with E-state index in [9.17, 15) is 0 Å². The van der Waals surface area contributed by atoms with E-state index >= 15 is 0 Å². The summed E-state index contributed by atoms with van der Waals surface area (Å²) in [6.45, 7) is 68.9. The van der Waals surface area contributed by atoms with Crippen LogP contribution in [0.1, 0.15) is 271 Å². The van der Waals surface area contributed by atoms with Crippen molar-refractivity contribution in [1.82, 2.24) is 0 Å². The molecule has 0 aromatic heterocycles. The van der Waals surface area contributed by atoms with Crippen LogP contribution in [0.3, 0.4) is 0 Å². The summed E-state index contributed by atoms with van der Waals surface area (Å²) in [5.41, 5.74) is 35.7. The highest BCUT2D eigenvalue weighted by atomic mass is 35.5. The molecule has 7 heteroatoms. The molecule has 2 aliphatic rings. The van der Waals surface area contributed by atoms with Crippen LogP contribution in [-0.2, 0) is 54.1 Å². The molecule has 4 nitrogen and oxygen atoms in total. The van der Waals surface area contributed by atoms with Crippen LogP contribution in [0.4, 0.5) is 68.2 Å². The Bertz CT molecular complexity index is 5590. The zero-order valence-electron chi connectivity index (χ0n) is 77.5. The van der Waals surface area contributed by atoms with Crippen LogP contribution in [0.25, 0.3) is 22.3 Å². The molecule has 0 amide bonds. The van der Waals surface area contributed by atoms with Gasteiger partial charge in [-0.25, -0.2) is 0 Å². The van der Waals surface area contributed by atoms with Crippen LogP contribution < -0.4 is 36.0 Å². The molecule has 0 radical (unpaired) electrons. The summed E-state index contributed by atoms with van der Waals surface area (Å²) in [5.74, 6) is 0. The number of benzene rings is 12. The second kappa shape index (κ2) is 33.1. The molecule has 12 aromatic carbocycles. The van der Waals surface area contributed by atoms with Gasteiger partial charge in [0.1, 0.15) is 0 Å². The summed E-state index contributed by atoms with van der Waals surface area (Å²) < 4.78 is 0. The normalized spacial score (nSPS) is 13.3. The SMILES string of the molecule is C.CC(C)(C)c1ccc(-c2cc(C(C)(C)C)ccc2N(c2ccc(C(C)(C)C)cc2)c2cccc(N(c3ccc(C(C)(C)C)cc3)c3ccc(C(C)(C)C)cc3)c2Cl)cc1.CC(C)(C)c1ccc(-c2cc(C(C)(C)C)ccc2N2c3ccc(C(C)(C)C)cc3B3c4cc(C(C)(C)C)ccc4N(c4ccc(C(C)(C)C)cc4)c4cccc2c43)cc1.S. The zero-order chi connectivity index (χ0) is 85.9. The van der Waals surface area contributed by atoms with Crippen molar-refractivity contribution in [2.75, 3.05) is 19.6 Å². The van der Waals surface area contributed by atoms with Crippen LogP contribution >= 0.6 is 25.1 Å². The van der Waals surface area contributed by atoms with Crippen molar-refractivity contribution in [1.29, 1.82) is 0 Å². The Hall–Kier alpha value is -9.46. The van der Waals surface area contributed by atoms with E-state index in [1.165, 1.54) is 123 Å². The smallest absolute Gasteiger partial charge is 0.252 e. The third kappa shape index (κ3) is 18.8.